The maximum atomic E-state index is 10.1. The van der Waals surface area contributed by atoms with Crippen molar-refractivity contribution < 1.29 is 10.2 Å². The van der Waals surface area contributed by atoms with Crippen LogP contribution >= 0.6 is 0 Å². The molecule has 0 aromatic heterocycles. The Hall–Kier alpha value is -0.0800. The van der Waals surface area contributed by atoms with Crippen LogP contribution in [0.4, 0.5) is 0 Å². The van der Waals surface area contributed by atoms with Gasteiger partial charge in [-0.2, -0.15) is 0 Å². The van der Waals surface area contributed by atoms with Crippen LogP contribution in [0.5, 0.6) is 0 Å². The molecule has 0 aliphatic carbocycles. The van der Waals surface area contributed by atoms with E-state index in [9.17, 15) is 10.2 Å². The molecule has 0 aromatic carbocycles. The highest BCUT2D eigenvalue weighted by Gasteiger charge is 2.05. The second kappa shape index (κ2) is 25.2. The minimum absolute atomic E-state index is 0.0565. The molecule has 0 heterocycles. The van der Waals surface area contributed by atoms with Crippen molar-refractivity contribution in [1.29, 1.82) is 0 Å². The highest BCUT2D eigenvalue weighted by atomic mass is 16.3. The molecule has 0 saturated carbocycles. The van der Waals surface area contributed by atoms with Crippen LogP contribution in [0.25, 0.3) is 0 Å². The fraction of sp³-hybridized carbons (Fsp3) is 1.00. The molecular weight excluding hydrogens is 368 g/mol. The lowest BCUT2D eigenvalue weighted by atomic mass is 10.0. The molecule has 0 saturated heterocycles. The zero-order valence-corrected chi connectivity index (χ0v) is 21.0. The van der Waals surface area contributed by atoms with Gasteiger partial charge in [0.25, 0.3) is 0 Å². The maximum Gasteiger partial charge on any atom is 0.0540 e. The van der Waals surface area contributed by atoms with Crippen molar-refractivity contribution in [2.45, 2.75) is 180 Å². The van der Waals surface area contributed by atoms with Crippen molar-refractivity contribution in [3.05, 3.63) is 0 Å². The summed E-state index contributed by atoms with van der Waals surface area (Å²) in [5, 5.41) is 20.2. The van der Waals surface area contributed by atoms with E-state index >= 15 is 0 Å². The molecule has 2 nitrogen and oxygen atoms in total. The van der Waals surface area contributed by atoms with Crippen molar-refractivity contribution in [2.75, 3.05) is 0 Å². The van der Waals surface area contributed by atoms with E-state index < -0.39 is 0 Å². The van der Waals surface area contributed by atoms with Crippen LogP contribution in [0, 0.1) is 0 Å². The molecule has 2 atom stereocenters. The second-order valence-electron chi connectivity index (χ2n) is 9.83. The third-order valence-electron chi connectivity index (χ3n) is 6.61. The predicted molar refractivity (Wildman–Crippen MR) is 134 cm³/mol. The van der Waals surface area contributed by atoms with Crippen molar-refractivity contribution >= 4 is 0 Å². The Bertz CT molecular complexity index is 275. The van der Waals surface area contributed by atoms with E-state index in [-0.39, 0.29) is 12.2 Å². The molecule has 0 fully saturated rings. The summed E-state index contributed by atoms with van der Waals surface area (Å²) in [6.07, 6.45) is 30.0. The lowest BCUT2D eigenvalue weighted by Gasteiger charge is -2.11. The largest absolute Gasteiger partial charge is 0.393 e. The number of rotatable bonds is 25. The SMILES string of the molecule is CCCCCCCCC(O)CCCCCCCCCCC(O)CCCCCCCC. The van der Waals surface area contributed by atoms with Crippen LogP contribution in [-0.2, 0) is 0 Å². The molecule has 30 heavy (non-hydrogen) atoms. The highest BCUT2D eigenvalue weighted by molar-refractivity contribution is 4.59. The second-order valence-corrected chi connectivity index (χ2v) is 9.83. The van der Waals surface area contributed by atoms with Crippen molar-refractivity contribution in [3.8, 4) is 0 Å². The summed E-state index contributed by atoms with van der Waals surface area (Å²) in [6, 6.07) is 0. The van der Waals surface area contributed by atoms with Gasteiger partial charge < -0.3 is 10.2 Å². The molecule has 0 bridgehead atoms. The average molecular weight is 427 g/mol. The topological polar surface area (TPSA) is 40.5 Å². The first-order chi connectivity index (χ1) is 14.7. The van der Waals surface area contributed by atoms with Crippen LogP contribution in [0.1, 0.15) is 168 Å². The number of aliphatic hydroxyl groups excluding tert-OH is 2. The summed E-state index contributed by atoms with van der Waals surface area (Å²) in [7, 11) is 0. The van der Waals surface area contributed by atoms with E-state index in [1.54, 1.807) is 0 Å². The van der Waals surface area contributed by atoms with Gasteiger partial charge in [0, 0.05) is 0 Å². The van der Waals surface area contributed by atoms with E-state index in [4.69, 9.17) is 0 Å². The molecule has 0 rings (SSSR count). The van der Waals surface area contributed by atoms with Crippen molar-refractivity contribution in [1.82, 2.24) is 0 Å². The van der Waals surface area contributed by atoms with Gasteiger partial charge in [-0.25, -0.2) is 0 Å². The van der Waals surface area contributed by atoms with Gasteiger partial charge in [-0.15, -0.1) is 0 Å². The fourth-order valence-corrected chi connectivity index (χ4v) is 4.43. The summed E-state index contributed by atoms with van der Waals surface area (Å²) in [5.41, 5.74) is 0. The minimum Gasteiger partial charge on any atom is -0.393 e. The Balaban J connectivity index is 3.21. The minimum atomic E-state index is -0.0565. The molecule has 182 valence electrons. The van der Waals surface area contributed by atoms with Crippen LogP contribution in [0.15, 0.2) is 0 Å². The zero-order valence-electron chi connectivity index (χ0n) is 21.0. The molecular formula is C28H58O2. The van der Waals surface area contributed by atoms with Crippen LogP contribution in [-0.4, -0.2) is 22.4 Å². The van der Waals surface area contributed by atoms with Crippen LogP contribution < -0.4 is 0 Å². The quantitative estimate of drug-likeness (QED) is 0.143. The van der Waals surface area contributed by atoms with Gasteiger partial charge in [0.1, 0.15) is 0 Å². The van der Waals surface area contributed by atoms with Crippen molar-refractivity contribution in [2.24, 2.45) is 0 Å². The molecule has 2 N–H and O–H groups in total. The molecule has 0 aliphatic heterocycles. The fourth-order valence-electron chi connectivity index (χ4n) is 4.43. The molecule has 0 amide bonds. The van der Waals surface area contributed by atoms with Gasteiger partial charge in [-0.1, -0.05) is 142 Å². The van der Waals surface area contributed by atoms with Crippen molar-refractivity contribution in [3.63, 3.8) is 0 Å². The van der Waals surface area contributed by atoms with Gasteiger partial charge in [0.15, 0.2) is 0 Å². The Morgan fingerprint density at radius 1 is 0.333 bits per heavy atom. The molecule has 0 aromatic rings. The summed E-state index contributed by atoms with van der Waals surface area (Å²) in [5.74, 6) is 0. The monoisotopic (exact) mass is 426 g/mol. The predicted octanol–water partition coefficient (Wildman–Crippen LogP) is 9.11. The molecule has 2 heteroatoms. The van der Waals surface area contributed by atoms with Crippen LogP contribution in [0.3, 0.4) is 0 Å². The number of hydrogen-bond donors (Lipinski definition) is 2. The Labute approximate surface area is 190 Å². The van der Waals surface area contributed by atoms with Gasteiger partial charge in [-0.3, -0.25) is 0 Å². The lowest BCUT2D eigenvalue weighted by Crippen LogP contribution is -2.06. The maximum absolute atomic E-state index is 10.1. The van der Waals surface area contributed by atoms with Gasteiger partial charge in [0.05, 0.1) is 12.2 Å². The van der Waals surface area contributed by atoms with E-state index in [1.165, 1.54) is 128 Å². The standard InChI is InChI=1S/C28H58O2/c1-3-5-7-9-15-19-23-27(29)25-21-17-13-11-12-14-18-22-26-28(30)24-20-16-10-8-6-4-2/h27-30H,3-26H2,1-2H3. The zero-order chi connectivity index (χ0) is 22.1. The van der Waals surface area contributed by atoms with E-state index in [0.717, 1.165) is 25.7 Å². The van der Waals surface area contributed by atoms with Gasteiger partial charge in [-0.05, 0) is 25.7 Å². The lowest BCUT2D eigenvalue weighted by molar-refractivity contribution is 0.146. The molecule has 0 aliphatic rings. The van der Waals surface area contributed by atoms with E-state index in [0.29, 0.717) is 0 Å². The average Bonchev–Trinajstić information content (AvgIpc) is 2.74. The number of hydrogen-bond acceptors (Lipinski definition) is 2. The first-order valence-electron chi connectivity index (χ1n) is 14.1. The first-order valence-corrected chi connectivity index (χ1v) is 14.1. The third-order valence-corrected chi connectivity index (χ3v) is 6.61. The van der Waals surface area contributed by atoms with E-state index in [2.05, 4.69) is 13.8 Å². The molecule has 0 radical (unpaired) electrons. The van der Waals surface area contributed by atoms with Gasteiger partial charge >= 0.3 is 0 Å². The number of aliphatic hydroxyl groups is 2. The van der Waals surface area contributed by atoms with Crippen LogP contribution in [0.2, 0.25) is 0 Å². The smallest absolute Gasteiger partial charge is 0.0540 e. The Morgan fingerprint density at radius 3 is 0.767 bits per heavy atom. The van der Waals surface area contributed by atoms with Gasteiger partial charge in [0.2, 0.25) is 0 Å². The third kappa shape index (κ3) is 24.2. The summed E-state index contributed by atoms with van der Waals surface area (Å²) in [4.78, 5) is 0. The molecule has 0 spiro atoms. The first kappa shape index (κ1) is 29.9. The summed E-state index contributed by atoms with van der Waals surface area (Å²) < 4.78 is 0. The summed E-state index contributed by atoms with van der Waals surface area (Å²) >= 11 is 0. The normalized spacial score (nSPS) is 13.6. The molecule has 2 unspecified atom stereocenters. The Kier molecular flexibility index (Phi) is 25.1. The number of unbranched alkanes of at least 4 members (excludes halogenated alkanes) is 17. The highest BCUT2D eigenvalue weighted by Crippen LogP contribution is 2.16. The Morgan fingerprint density at radius 2 is 0.533 bits per heavy atom. The van der Waals surface area contributed by atoms with E-state index in [1.807, 2.05) is 0 Å². The summed E-state index contributed by atoms with van der Waals surface area (Å²) in [6.45, 7) is 4.52.